The Bertz CT molecular complexity index is 657. The molecule has 0 amide bonds. The molecule has 0 bridgehead atoms. The molecule has 0 aliphatic carbocycles. The van der Waals surface area contributed by atoms with Crippen LogP contribution in [0.1, 0.15) is 54.7 Å². The molecule has 1 aliphatic heterocycles. The number of fused-ring (bicyclic) bond motifs is 1. The molecule has 1 aromatic heterocycles. The van der Waals surface area contributed by atoms with Crippen molar-refractivity contribution < 1.29 is 9.84 Å². The third kappa shape index (κ3) is 2.96. The molecule has 4 heteroatoms. The summed E-state index contributed by atoms with van der Waals surface area (Å²) >= 11 is 7.75. The minimum Gasteiger partial charge on any atom is -0.484 e. The number of aliphatic hydroxyl groups is 1. The molecule has 1 unspecified atom stereocenters. The van der Waals surface area contributed by atoms with Crippen molar-refractivity contribution in [1.29, 1.82) is 0 Å². The summed E-state index contributed by atoms with van der Waals surface area (Å²) < 4.78 is 6.06. The highest BCUT2D eigenvalue weighted by atomic mass is 35.5. The molecule has 0 radical (unpaired) electrons. The van der Waals surface area contributed by atoms with Gasteiger partial charge in [-0.15, -0.1) is 11.3 Å². The van der Waals surface area contributed by atoms with Crippen molar-refractivity contribution in [1.82, 2.24) is 0 Å². The third-order valence-corrected chi connectivity index (χ3v) is 5.56. The highest BCUT2D eigenvalue weighted by molar-refractivity contribution is 7.12. The number of hydrogen-bond donors (Lipinski definition) is 1. The van der Waals surface area contributed by atoms with Gasteiger partial charge < -0.3 is 9.84 Å². The van der Waals surface area contributed by atoms with Gasteiger partial charge in [0.25, 0.3) is 0 Å². The van der Waals surface area contributed by atoms with E-state index in [1.165, 1.54) is 9.75 Å². The topological polar surface area (TPSA) is 29.5 Å². The smallest absolute Gasteiger partial charge is 0.136 e. The molecular weight excluding hydrogens is 304 g/mol. The molecule has 2 aromatic rings. The first-order valence-corrected chi connectivity index (χ1v) is 8.28. The summed E-state index contributed by atoms with van der Waals surface area (Å²) in [5.74, 6) is 0.730. The van der Waals surface area contributed by atoms with E-state index in [0.717, 1.165) is 11.3 Å². The van der Waals surface area contributed by atoms with E-state index in [2.05, 4.69) is 32.9 Å². The van der Waals surface area contributed by atoms with Crippen LogP contribution in [0.3, 0.4) is 0 Å². The van der Waals surface area contributed by atoms with Crippen LogP contribution in [-0.2, 0) is 5.41 Å². The maximum atomic E-state index is 10.4. The van der Waals surface area contributed by atoms with Crippen molar-refractivity contribution in [2.24, 2.45) is 0 Å². The Balaban J connectivity index is 1.89. The molecule has 1 N–H and O–H groups in total. The lowest BCUT2D eigenvalue weighted by Gasteiger charge is -2.29. The van der Waals surface area contributed by atoms with Crippen molar-refractivity contribution >= 4 is 22.9 Å². The first-order valence-electron chi connectivity index (χ1n) is 7.09. The average molecular weight is 323 g/mol. The summed E-state index contributed by atoms with van der Waals surface area (Å²) in [4.78, 5) is 2.50. The molecular formula is C17H19ClO2S. The van der Waals surface area contributed by atoms with Gasteiger partial charge in [-0.25, -0.2) is 0 Å². The molecule has 0 saturated heterocycles. The van der Waals surface area contributed by atoms with Crippen LogP contribution in [0.5, 0.6) is 5.75 Å². The van der Waals surface area contributed by atoms with Crippen LogP contribution in [-0.4, -0.2) is 5.11 Å². The second-order valence-electron chi connectivity index (χ2n) is 6.49. The molecule has 2 nitrogen and oxygen atoms in total. The van der Waals surface area contributed by atoms with E-state index >= 15 is 0 Å². The fourth-order valence-electron chi connectivity index (χ4n) is 2.52. The van der Waals surface area contributed by atoms with Gasteiger partial charge in [0.2, 0.25) is 0 Å². The summed E-state index contributed by atoms with van der Waals surface area (Å²) in [6, 6.07) is 9.69. The molecule has 0 saturated carbocycles. The van der Waals surface area contributed by atoms with Crippen LogP contribution < -0.4 is 4.74 Å². The van der Waals surface area contributed by atoms with E-state index in [1.807, 2.05) is 6.07 Å². The lowest BCUT2D eigenvalue weighted by atomic mass is 9.95. The Kier molecular flexibility index (Phi) is 3.76. The Labute approximate surface area is 134 Å². The van der Waals surface area contributed by atoms with E-state index in [9.17, 15) is 5.11 Å². The van der Waals surface area contributed by atoms with E-state index in [4.69, 9.17) is 16.3 Å². The summed E-state index contributed by atoms with van der Waals surface area (Å²) in [6.45, 7) is 6.61. The summed E-state index contributed by atoms with van der Waals surface area (Å²) in [6.07, 6.45) is -0.0512. The molecule has 1 aliphatic rings. The number of thiophene rings is 1. The quantitative estimate of drug-likeness (QED) is 0.776. The number of halogens is 1. The van der Waals surface area contributed by atoms with Gasteiger partial charge >= 0.3 is 0 Å². The normalized spacial score (nSPS) is 21.8. The van der Waals surface area contributed by atoms with Crippen molar-refractivity contribution in [2.45, 2.75) is 44.8 Å². The Morgan fingerprint density at radius 2 is 2.00 bits per heavy atom. The van der Waals surface area contributed by atoms with Crippen LogP contribution in [0, 0.1) is 0 Å². The molecule has 0 fully saturated rings. The van der Waals surface area contributed by atoms with Crippen LogP contribution in [0.2, 0.25) is 5.02 Å². The van der Waals surface area contributed by atoms with Crippen LogP contribution in [0.25, 0.3) is 0 Å². The van der Waals surface area contributed by atoms with Crippen LogP contribution in [0.15, 0.2) is 30.3 Å². The van der Waals surface area contributed by atoms with Gasteiger partial charge in [0, 0.05) is 26.8 Å². The highest BCUT2D eigenvalue weighted by Gasteiger charge is 2.30. The predicted octanol–water partition coefficient (Wildman–Crippen LogP) is 5.26. The molecule has 21 heavy (non-hydrogen) atoms. The van der Waals surface area contributed by atoms with Crippen molar-refractivity contribution in [3.63, 3.8) is 0 Å². The Morgan fingerprint density at radius 1 is 1.24 bits per heavy atom. The van der Waals surface area contributed by atoms with Crippen molar-refractivity contribution in [3.05, 3.63) is 50.7 Å². The Hall–Kier alpha value is -1.03. The first-order chi connectivity index (χ1) is 9.84. The molecule has 2 heterocycles. The van der Waals surface area contributed by atoms with E-state index in [0.29, 0.717) is 11.4 Å². The zero-order valence-electron chi connectivity index (χ0n) is 12.4. The maximum absolute atomic E-state index is 10.4. The summed E-state index contributed by atoms with van der Waals surface area (Å²) in [7, 11) is 0. The fraction of sp³-hybridized carbons (Fsp3) is 0.412. The van der Waals surface area contributed by atoms with E-state index in [-0.39, 0.29) is 11.5 Å². The molecule has 1 aromatic carbocycles. The summed E-state index contributed by atoms with van der Waals surface area (Å²) in [5, 5.41) is 11.0. The summed E-state index contributed by atoms with van der Waals surface area (Å²) in [5.41, 5.74) is 0.924. The number of hydrogen-bond acceptors (Lipinski definition) is 3. The van der Waals surface area contributed by atoms with Crippen LogP contribution >= 0.6 is 22.9 Å². The van der Waals surface area contributed by atoms with Crippen molar-refractivity contribution in [3.8, 4) is 5.75 Å². The minimum absolute atomic E-state index is 0.0882. The monoisotopic (exact) mass is 322 g/mol. The van der Waals surface area contributed by atoms with Gasteiger partial charge in [-0.2, -0.15) is 0 Å². The second-order valence-corrected chi connectivity index (χ2v) is 8.04. The van der Waals surface area contributed by atoms with Gasteiger partial charge in [-0.05, 0) is 35.7 Å². The number of aliphatic hydroxyl groups excluding tert-OH is 1. The second kappa shape index (κ2) is 5.31. The van der Waals surface area contributed by atoms with E-state index < -0.39 is 6.10 Å². The lowest BCUT2D eigenvalue weighted by Crippen LogP contribution is -2.18. The Morgan fingerprint density at radius 3 is 2.67 bits per heavy atom. The SMILES string of the molecule is CC(C)(C)c1ccc(C2C[C@H](O)c3cc(Cl)ccc3O2)s1. The fourth-order valence-corrected chi connectivity index (χ4v) is 3.81. The zero-order chi connectivity index (χ0) is 15.2. The van der Waals surface area contributed by atoms with Gasteiger partial charge in [-0.1, -0.05) is 32.4 Å². The molecule has 3 rings (SSSR count). The third-order valence-electron chi connectivity index (χ3n) is 3.72. The highest BCUT2D eigenvalue weighted by Crippen LogP contribution is 2.44. The standard InChI is InChI=1S/C17H19ClO2S/c1-17(2,3)16-7-6-15(21-16)14-9-12(19)11-8-10(18)4-5-13(11)20-14/h4-8,12,14,19H,9H2,1-3H3/t12-,14?/m0/s1. The van der Waals surface area contributed by atoms with Gasteiger partial charge in [0.05, 0.1) is 6.10 Å². The lowest BCUT2D eigenvalue weighted by molar-refractivity contribution is 0.0674. The van der Waals surface area contributed by atoms with Crippen LogP contribution in [0.4, 0.5) is 0 Å². The molecule has 0 spiro atoms. The maximum Gasteiger partial charge on any atom is 0.136 e. The number of benzene rings is 1. The van der Waals surface area contributed by atoms with Gasteiger partial charge in [0.1, 0.15) is 11.9 Å². The predicted molar refractivity (Wildman–Crippen MR) is 87.4 cm³/mol. The van der Waals surface area contributed by atoms with Gasteiger partial charge in [0.15, 0.2) is 0 Å². The first kappa shape index (κ1) is 14.9. The largest absolute Gasteiger partial charge is 0.484 e. The van der Waals surface area contributed by atoms with Gasteiger partial charge in [-0.3, -0.25) is 0 Å². The van der Waals surface area contributed by atoms with E-state index in [1.54, 1.807) is 23.5 Å². The average Bonchev–Trinajstić information content (AvgIpc) is 2.89. The zero-order valence-corrected chi connectivity index (χ0v) is 14.0. The van der Waals surface area contributed by atoms with Crippen molar-refractivity contribution in [2.75, 3.05) is 0 Å². The number of ether oxygens (including phenoxy) is 1. The minimum atomic E-state index is -0.530. The number of rotatable bonds is 1. The molecule has 112 valence electrons. The molecule has 2 atom stereocenters.